The average molecular weight is 292 g/mol. The van der Waals surface area contributed by atoms with Crippen LogP contribution in [0.15, 0.2) is 0 Å². The predicted octanol–water partition coefficient (Wildman–Crippen LogP) is 5.11. The van der Waals surface area contributed by atoms with Crippen LogP contribution in [-0.2, 0) is 0 Å². The van der Waals surface area contributed by atoms with Gasteiger partial charge in [-0.2, -0.15) is 0 Å². The molecule has 0 aromatic carbocycles. The van der Waals surface area contributed by atoms with Gasteiger partial charge in [-0.1, -0.05) is 47.0 Å². The summed E-state index contributed by atoms with van der Waals surface area (Å²) in [6.07, 6.45) is 10.2. The Hall–Kier alpha value is -0.0400. The summed E-state index contributed by atoms with van der Waals surface area (Å²) in [6.45, 7) is 9.81. The van der Waals surface area contributed by atoms with Crippen LogP contribution in [0.1, 0.15) is 72.6 Å². The van der Waals surface area contributed by atoms with E-state index in [1.165, 1.54) is 44.9 Å². The van der Waals surface area contributed by atoms with E-state index in [-0.39, 0.29) is 0 Å². The van der Waals surface area contributed by atoms with Crippen LogP contribution in [0.5, 0.6) is 0 Å². The molecule has 1 N–H and O–H groups in total. The molecule has 0 aliphatic heterocycles. The van der Waals surface area contributed by atoms with Gasteiger partial charge in [-0.3, -0.25) is 0 Å². The Bertz CT molecular complexity index is 365. The van der Waals surface area contributed by atoms with Crippen molar-refractivity contribution < 1.29 is 0 Å². The Balaban J connectivity index is 1.51. The Morgan fingerprint density at radius 2 is 1.81 bits per heavy atom. The van der Waals surface area contributed by atoms with Gasteiger partial charge in [-0.05, 0) is 74.2 Å². The molecular weight excluding hydrogens is 254 g/mol. The normalized spacial score (nSPS) is 52.1. The molecule has 8 atom stereocenters. The van der Waals surface area contributed by atoms with Crippen molar-refractivity contribution >= 4 is 0 Å². The molecule has 3 fully saturated rings. The van der Waals surface area contributed by atoms with Gasteiger partial charge in [0, 0.05) is 5.54 Å². The molecule has 3 saturated carbocycles. The van der Waals surface area contributed by atoms with Crippen molar-refractivity contribution in [3.63, 3.8) is 0 Å². The first-order valence-electron chi connectivity index (χ1n) is 9.71. The van der Waals surface area contributed by atoms with Crippen LogP contribution in [0.2, 0.25) is 0 Å². The molecule has 0 amide bonds. The van der Waals surface area contributed by atoms with E-state index in [9.17, 15) is 0 Å². The maximum atomic E-state index is 3.76. The lowest BCUT2D eigenvalue weighted by atomic mass is 9.87. The topological polar surface area (TPSA) is 12.0 Å². The first kappa shape index (κ1) is 15.8. The van der Waals surface area contributed by atoms with Crippen LogP contribution in [0, 0.1) is 41.4 Å². The van der Waals surface area contributed by atoms with Crippen molar-refractivity contribution in [1.82, 2.24) is 5.32 Å². The van der Waals surface area contributed by atoms with E-state index in [4.69, 9.17) is 0 Å². The van der Waals surface area contributed by atoms with Gasteiger partial charge in [0.2, 0.25) is 0 Å². The number of hydrogen-bond donors (Lipinski definition) is 1. The molecule has 3 aliphatic rings. The molecule has 3 aliphatic carbocycles. The molecule has 0 spiro atoms. The average Bonchev–Trinajstić information content (AvgIpc) is 3.29. The van der Waals surface area contributed by atoms with E-state index in [0.717, 1.165) is 41.4 Å². The molecule has 0 radical (unpaired) electrons. The first-order chi connectivity index (χ1) is 10.0. The van der Waals surface area contributed by atoms with E-state index in [1.54, 1.807) is 0 Å². The van der Waals surface area contributed by atoms with Gasteiger partial charge in [-0.15, -0.1) is 0 Å². The minimum absolute atomic E-state index is 0.535. The molecule has 0 bridgehead atoms. The summed E-state index contributed by atoms with van der Waals surface area (Å²) in [5.41, 5.74) is 0.535. The summed E-state index contributed by atoms with van der Waals surface area (Å²) in [4.78, 5) is 0. The first-order valence-corrected chi connectivity index (χ1v) is 9.71. The molecule has 0 aromatic rings. The third-order valence-electron chi connectivity index (χ3n) is 7.93. The van der Waals surface area contributed by atoms with Crippen molar-refractivity contribution in [3.05, 3.63) is 0 Å². The molecule has 8 unspecified atom stereocenters. The second kappa shape index (κ2) is 5.87. The zero-order valence-electron chi connectivity index (χ0n) is 15.0. The van der Waals surface area contributed by atoms with Crippen LogP contribution in [-0.4, -0.2) is 12.6 Å². The summed E-state index contributed by atoms with van der Waals surface area (Å²) >= 11 is 0. The fourth-order valence-electron chi connectivity index (χ4n) is 5.72. The lowest BCUT2D eigenvalue weighted by Crippen LogP contribution is -2.31. The van der Waals surface area contributed by atoms with Gasteiger partial charge >= 0.3 is 0 Å². The Morgan fingerprint density at radius 3 is 2.38 bits per heavy atom. The monoisotopic (exact) mass is 291 g/mol. The summed E-state index contributed by atoms with van der Waals surface area (Å²) < 4.78 is 0. The van der Waals surface area contributed by atoms with Crippen LogP contribution in [0.4, 0.5) is 0 Å². The van der Waals surface area contributed by atoms with Crippen molar-refractivity contribution in [2.24, 2.45) is 41.4 Å². The standard InChI is InChI=1S/C20H37N/c1-6-7-18-15(4)19(18)12-20(21-5)11-17(20)10-16-9-8-13(2)14(16)3/h13-19,21H,6-12H2,1-5H3. The van der Waals surface area contributed by atoms with E-state index in [0.29, 0.717) is 5.54 Å². The molecule has 0 aromatic heterocycles. The Labute approximate surface area is 132 Å². The highest BCUT2D eigenvalue weighted by atomic mass is 15.0. The van der Waals surface area contributed by atoms with Crippen LogP contribution >= 0.6 is 0 Å². The molecule has 0 saturated heterocycles. The van der Waals surface area contributed by atoms with Crippen molar-refractivity contribution in [2.75, 3.05) is 7.05 Å². The minimum atomic E-state index is 0.535. The zero-order chi connectivity index (χ0) is 15.2. The number of hydrogen-bond acceptors (Lipinski definition) is 1. The van der Waals surface area contributed by atoms with Gasteiger partial charge in [0.25, 0.3) is 0 Å². The van der Waals surface area contributed by atoms with E-state index < -0.39 is 0 Å². The van der Waals surface area contributed by atoms with E-state index in [1.807, 2.05) is 0 Å². The van der Waals surface area contributed by atoms with Gasteiger partial charge in [0.05, 0.1) is 0 Å². The fourth-order valence-corrected chi connectivity index (χ4v) is 5.72. The SMILES string of the molecule is CCCC1C(C)C1CC1(NC)CC1CC1CCC(C)C1C. The van der Waals surface area contributed by atoms with Gasteiger partial charge in [-0.25, -0.2) is 0 Å². The molecule has 3 rings (SSSR count). The molecule has 0 heterocycles. The Morgan fingerprint density at radius 1 is 1.05 bits per heavy atom. The molecule has 21 heavy (non-hydrogen) atoms. The molecule has 1 nitrogen and oxygen atoms in total. The van der Waals surface area contributed by atoms with Gasteiger partial charge in [0.1, 0.15) is 0 Å². The third kappa shape index (κ3) is 2.92. The predicted molar refractivity (Wildman–Crippen MR) is 91.2 cm³/mol. The fraction of sp³-hybridized carbons (Fsp3) is 1.00. The lowest BCUT2D eigenvalue weighted by Gasteiger charge is -2.22. The van der Waals surface area contributed by atoms with Crippen molar-refractivity contribution in [2.45, 2.75) is 78.2 Å². The molecule has 122 valence electrons. The molecule has 1 heteroatoms. The second-order valence-electron chi connectivity index (χ2n) is 8.90. The van der Waals surface area contributed by atoms with Crippen molar-refractivity contribution in [3.8, 4) is 0 Å². The summed E-state index contributed by atoms with van der Waals surface area (Å²) in [5, 5.41) is 3.76. The highest BCUT2D eigenvalue weighted by Gasteiger charge is 2.59. The van der Waals surface area contributed by atoms with Crippen molar-refractivity contribution in [1.29, 1.82) is 0 Å². The number of rotatable bonds is 7. The van der Waals surface area contributed by atoms with Gasteiger partial charge in [0.15, 0.2) is 0 Å². The largest absolute Gasteiger partial charge is 0.314 e. The maximum absolute atomic E-state index is 3.76. The highest BCUT2D eigenvalue weighted by Crippen LogP contribution is 2.60. The van der Waals surface area contributed by atoms with Gasteiger partial charge < -0.3 is 5.32 Å². The summed E-state index contributed by atoms with van der Waals surface area (Å²) in [7, 11) is 2.22. The quantitative estimate of drug-likeness (QED) is 0.687. The third-order valence-corrected chi connectivity index (χ3v) is 7.93. The van der Waals surface area contributed by atoms with E-state index >= 15 is 0 Å². The second-order valence-corrected chi connectivity index (χ2v) is 8.90. The summed E-state index contributed by atoms with van der Waals surface area (Å²) in [5.74, 6) is 7.01. The zero-order valence-corrected chi connectivity index (χ0v) is 15.0. The highest BCUT2D eigenvalue weighted by molar-refractivity contribution is 5.14. The van der Waals surface area contributed by atoms with Crippen LogP contribution in [0.3, 0.4) is 0 Å². The Kier molecular flexibility index (Phi) is 4.43. The van der Waals surface area contributed by atoms with Crippen LogP contribution < -0.4 is 5.32 Å². The van der Waals surface area contributed by atoms with E-state index in [2.05, 4.69) is 40.1 Å². The smallest absolute Gasteiger partial charge is 0.0213 e. The molecular formula is C20H37N. The minimum Gasteiger partial charge on any atom is -0.314 e. The van der Waals surface area contributed by atoms with Crippen LogP contribution in [0.25, 0.3) is 0 Å². The maximum Gasteiger partial charge on any atom is 0.0213 e. The number of nitrogens with one attached hydrogen (secondary N) is 1. The summed E-state index contributed by atoms with van der Waals surface area (Å²) in [6, 6.07) is 0. The lowest BCUT2D eigenvalue weighted by molar-refractivity contribution is 0.304.